The lowest BCUT2D eigenvalue weighted by molar-refractivity contribution is -0.141. The Kier molecular flexibility index (Phi) is 2.90. The maximum Gasteiger partial charge on any atom is 0.307 e. The van der Waals surface area contributed by atoms with Crippen LogP contribution in [0.5, 0.6) is 0 Å². The third-order valence-corrected chi connectivity index (χ3v) is 2.10. The third kappa shape index (κ3) is 2.32. The monoisotopic (exact) mass is 197 g/mol. The number of ether oxygens (including phenoxy) is 1. The minimum Gasteiger partial charge on any atom is -0.469 e. The van der Waals surface area contributed by atoms with Crippen molar-refractivity contribution in [3.05, 3.63) is 18.0 Å². The first-order valence-corrected chi connectivity index (χ1v) is 4.30. The Morgan fingerprint density at radius 3 is 2.86 bits per heavy atom. The summed E-state index contributed by atoms with van der Waals surface area (Å²) in [4.78, 5) is 11.1. The van der Waals surface area contributed by atoms with E-state index in [4.69, 9.17) is 5.73 Å². The van der Waals surface area contributed by atoms with Crippen LogP contribution in [0.1, 0.15) is 18.9 Å². The highest BCUT2D eigenvalue weighted by atomic mass is 16.5. The summed E-state index contributed by atoms with van der Waals surface area (Å²) in [5.41, 5.74) is 6.08. The van der Waals surface area contributed by atoms with Crippen LogP contribution in [0.15, 0.2) is 12.4 Å². The van der Waals surface area contributed by atoms with Crippen molar-refractivity contribution in [2.45, 2.75) is 18.9 Å². The van der Waals surface area contributed by atoms with Crippen LogP contribution in [0.3, 0.4) is 0 Å². The van der Waals surface area contributed by atoms with Crippen molar-refractivity contribution in [2.24, 2.45) is 12.8 Å². The second kappa shape index (κ2) is 3.79. The van der Waals surface area contributed by atoms with Crippen LogP contribution in [0, 0.1) is 0 Å². The minimum atomic E-state index is -0.721. The number of nitrogens with zero attached hydrogens (tertiary/aromatic N) is 2. The Morgan fingerprint density at radius 1 is 1.79 bits per heavy atom. The summed E-state index contributed by atoms with van der Waals surface area (Å²) in [5, 5.41) is 4.00. The molecule has 1 heterocycles. The molecule has 14 heavy (non-hydrogen) atoms. The molecule has 0 saturated heterocycles. The van der Waals surface area contributed by atoms with Crippen molar-refractivity contribution >= 4 is 5.97 Å². The lowest BCUT2D eigenvalue weighted by Crippen LogP contribution is -2.35. The van der Waals surface area contributed by atoms with Gasteiger partial charge in [0.15, 0.2) is 0 Å². The predicted octanol–water partition coefficient (Wildman–Crippen LogP) is 0.157. The van der Waals surface area contributed by atoms with E-state index >= 15 is 0 Å². The number of aromatic nitrogens is 2. The van der Waals surface area contributed by atoms with Crippen LogP contribution < -0.4 is 5.73 Å². The van der Waals surface area contributed by atoms with Gasteiger partial charge in [-0.2, -0.15) is 5.10 Å². The highest BCUT2D eigenvalue weighted by Gasteiger charge is 2.26. The minimum absolute atomic E-state index is 0.148. The zero-order valence-electron chi connectivity index (χ0n) is 8.65. The topological polar surface area (TPSA) is 70.1 Å². The Balaban J connectivity index is 2.79. The second-order valence-corrected chi connectivity index (χ2v) is 3.57. The van der Waals surface area contributed by atoms with E-state index in [1.54, 1.807) is 31.0 Å². The summed E-state index contributed by atoms with van der Waals surface area (Å²) in [7, 11) is 3.15. The molecular formula is C9H15N3O2. The van der Waals surface area contributed by atoms with E-state index in [2.05, 4.69) is 9.84 Å². The van der Waals surface area contributed by atoms with Crippen molar-refractivity contribution in [1.29, 1.82) is 0 Å². The van der Waals surface area contributed by atoms with Crippen molar-refractivity contribution in [2.75, 3.05) is 7.11 Å². The molecule has 1 aromatic rings. The normalized spacial score (nSPS) is 14.9. The van der Waals surface area contributed by atoms with Crippen LogP contribution >= 0.6 is 0 Å². The van der Waals surface area contributed by atoms with Gasteiger partial charge in [0, 0.05) is 18.8 Å². The number of hydrogen-bond donors (Lipinski definition) is 1. The van der Waals surface area contributed by atoms with Crippen LogP contribution in [0.4, 0.5) is 0 Å². The number of methoxy groups -OCH3 is 1. The smallest absolute Gasteiger partial charge is 0.307 e. The second-order valence-electron chi connectivity index (χ2n) is 3.57. The number of carbonyl (C=O) groups excluding carboxylic acids is 1. The molecule has 0 aliphatic rings. The van der Waals surface area contributed by atoms with Crippen molar-refractivity contribution in [3.8, 4) is 0 Å². The summed E-state index contributed by atoms with van der Waals surface area (Å²) in [6.45, 7) is 1.78. The van der Waals surface area contributed by atoms with E-state index in [-0.39, 0.29) is 12.4 Å². The van der Waals surface area contributed by atoms with Crippen molar-refractivity contribution < 1.29 is 9.53 Å². The average molecular weight is 197 g/mol. The Bertz CT molecular complexity index is 331. The summed E-state index contributed by atoms with van der Waals surface area (Å²) < 4.78 is 6.22. The fourth-order valence-electron chi connectivity index (χ4n) is 1.19. The number of esters is 1. The molecule has 0 aliphatic heterocycles. The first-order valence-electron chi connectivity index (χ1n) is 4.30. The lowest BCUT2D eigenvalue weighted by atomic mass is 9.93. The van der Waals surface area contributed by atoms with Crippen LogP contribution in [-0.4, -0.2) is 22.9 Å². The largest absolute Gasteiger partial charge is 0.469 e. The molecule has 0 fully saturated rings. The first kappa shape index (κ1) is 10.7. The Hall–Kier alpha value is -1.36. The number of aryl methyl sites for hydroxylation is 1. The summed E-state index contributed by atoms with van der Waals surface area (Å²) >= 11 is 0. The van der Waals surface area contributed by atoms with Crippen molar-refractivity contribution in [1.82, 2.24) is 9.78 Å². The van der Waals surface area contributed by atoms with Gasteiger partial charge in [0.05, 0.1) is 25.3 Å². The fourth-order valence-corrected chi connectivity index (χ4v) is 1.19. The molecule has 0 saturated carbocycles. The summed E-state index contributed by atoms with van der Waals surface area (Å²) in [5.74, 6) is -0.321. The maximum atomic E-state index is 11.1. The first-order chi connectivity index (χ1) is 6.45. The molecule has 78 valence electrons. The number of hydrogen-bond acceptors (Lipinski definition) is 4. The number of rotatable bonds is 3. The molecule has 1 atom stereocenters. The Morgan fingerprint density at radius 2 is 2.43 bits per heavy atom. The van der Waals surface area contributed by atoms with E-state index in [0.29, 0.717) is 0 Å². The molecule has 1 unspecified atom stereocenters. The van der Waals surface area contributed by atoms with Gasteiger partial charge in [-0.15, -0.1) is 0 Å². The van der Waals surface area contributed by atoms with Gasteiger partial charge in [-0.25, -0.2) is 0 Å². The standard InChI is InChI=1S/C9H15N3O2/c1-9(10,4-8(13)14-3)7-5-11-12(2)6-7/h5-6H,4,10H2,1-3H3. The van der Waals surface area contributed by atoms with Gasteiger partial charge in [0.2, 0.25) is 0 Å². The molecule has 0 bridgehead atoms. The lowest BCUT2D eigenvalue weighted by Gasteiger charge is -2.21. The van der Waals surface area contributed by atoms with Gasteiger partial charge in [-0.3, -0.25) is 9.48 Å². The molecule has 0 aromatic carbocycles. The highest BCUT2D eigenvalue weighted by Crippen LogP contribution is 2.20. The molecule has 1 rings (SSSR count). The molecule has 0 radical (unpaired) electrons. The van der Waals surface area contributed by atoms with Crippen LogP contribution in [0.2, 0.25) is 0 Å². The third-order valence-electron chi connectivity index (χ3n) is 2.10. The maximum absolute atomic E-state index is 11.1. The van der Waals surface area contributed by atoms with Gasteiger partial charge < -0.3 is 10.5 Å². The summed E-state index contributed by atoms with van der Waals surface area (Å²) in [6.07, 6.45) is 3.60. The van der Waals surface area contributed by atoms with Crippen LogP contribution in [0.25, 0.3) is 0 Å². The molecule has 0 aliphatic carbocycles. The number of carbonyl (C=O) groups is 1. The molecule has 5 nitrogen and oxygen atoms in total. The van der Waals surface area contributed by atoms with Crippen molar-refractivity contribution in [3.63, 3.8) is 0 Å². The quantitative estimate of drug-likeness (QED) is 0.700. The highest BCUT2D eigenvalue weighted by molar-refractivity contribution is 5.71. The average Bonchev–Trinajstić information content (AvgIpc) is 2.51. The molecule has 0 amide bonds. The fraction of sp³-hybridized carbons (Fsp3) is 0.556. The molecule has 0 spiro atoms. The molecule has 2 N–H and O–H groups in total. The molecular weight excluding hydrogens is 182 g/mol. The molecule has 5 heteroatoms. The predicted molar refractivity (Wildman–Crippen MR) is 51.4 cm³/mol. The summed E-state index contributed by atoms with van der Waals surface area (Å²) in [6, 6.07) is 0. The number of nitrogens with two attached hydrogens (primary N) is 1. The van der Waals surface area contributed by atoms with Gasteiger partial charge in [-0.1, -0.05) is 0 Å². The van der Waals surface area contributed by atoms with E-state index in [0.717, 1.165) is 5.56 Å². The van der Waals surface area contributed by atoms with Gasteiger partial charge in [-0.05, 0) is 6.92 Å². The molecule has 1 aromatic heterocycles. The van der Waals surface area contributed by atoms with Gasteiger partial charge >= 0.3 is 5.97 Å². The van der Waals surface area contributed by atoms with E-state index < -0.39 is 5.54 Å². The van der Waals surface area contributed by atoms with E-state index in [1.807, 2.05) is 0 Å². The SMILES string of the molecule is COC(=O)CC(C)(N)c1cnn(C)c1. The van der Waals surface area contributed by atoms with E-state index in [1.165, 1.54) is 7.11 Å². The zero-order chi connectivity index (χ0) is 10.8. The van der Waals surface area contributed by atoms with E-state index in [9.17, 15) is 4.79 Å². The van der Waals surface area contributed by atoms with Gasteiger partial charge in [0.1, 0.15) is 0 Å². The zero-order valence-corrected chi connectivity index (χ0v) is 8.65. The van der Waals surface area contributed by atoms with Crippen LogP contribution in [-0.2, 0) is 22.1 Å². The Labute approximate surface area is 82.8 Å². The van der Waals surface area contributed by atoms with Gasteiger partial charge in [0.25, 0.3) is 0 Å².